The molecule has 0 aliphatic carbocycles. The summed E-state index contributed by atoms with van der Waals surface area (Å²) in [5.41, 5.74) is 0. The van der Waals surface area contributed by atoms with E-state index in [2.05, 4.69) is 34.1 Å². The van der Waals surface area contributed by atoms with Crippen LogP contribution in [0.1, 0.15) is 26.7 Å². The monoisotopic (exact) mass is 271 g/mol. The van der Waals surface area contributed by atoms with Crippen molar-refractivity contribution in [3.05, 3.63) is 0 Å². The summed E-state index contributed by atoms with van der Waals surface area (Å²) in [6, 6.07) is 0.826. The van der Waals surface area contributed by atoms with Crippen LogP contribution in [0.3, 0.4) is 0 Å². The van der Waals surface area contributed by atoms with Gasteiger partial charge in [-0.05, 0) is 20.3 Å². The predicted molar refractivity (Wildman–Crippen MR) is 72.8 cm³/mol. The highest BCUT2D eigenvalue weighted by Crippen LogP contribution is 2.03. The molecular formula is C13H25N3O3. The van der Waals surface area contributed by atoms with E-state index in [1.165, 1.54) is 7.11 Å². The SMILES string of the molecule is COC(=O)CCCNC(=O)CN1CC(C)NC(C)C1. The first-order valence-electron chi connectivity index (χ1n) is 6.83. The van der Waals surface area contributed by atoms with Crippen molar-refractivity contribution in [3.63, 3.8) is 0 Å². The molecule has 0 saturated carbocycles. The van der Waals surface area contributed by atoms with Crippen LogP contribution in [-0.2, 0) is 14.3 Å². The normalized spacial score (nSPS) is 23.9. The second-order valence-corrected chi connectivity index (χ2v) is 5.19. The highest BCUT2D eigenvalue weighted by molar-refractivity contribution is 5.78. The van der Waals surface area contributed by atoms with Crippen LogP contribution >= 0.6 is 0 Å². The van der Waals surface area contributed by atoms with Crippen molar-refractivity contribution >= 4 is 11.9 Å². The lowest BCUT2D eigenvalue weighted by Crippen LogP contribution is -2.56. The van der Waals surface area contributed by atoms with Gasteiger partial charge in [-0.2, -0.15) is 0 Å². The Labute approximate surface area is 114 Å². The van der Waals surface area contributed by atoms with Gasteiger partial charge in [0.15, 0.2) is 0 Å². The van der Waals surface area contributed by atoms with E-state index in [1.807, 2.05) is 0 Å². The summed E-state index contributed by atoms with van der Waals surface area (Å²) in [6.45, 7) is 6.97. The Bertz CT molecular complexity index is 300. The van der Waals surface area contributed by atoms with Gasteiger partial charge < -0.3 is 15.4 Å². The van der Waals surface area contributed by atoms with Gasteiger partial charge in [0.1, 0.15) is 0 Å². The molecule has 0 bridgehead atoms. The molecule has 110 valence electrons. The van der Waals surface area contributed by atoms with Crippen molar-refractivity contribution in [1.29, 1.82) is 0 Å². The van der Waals surface area contributed by atoms with E-state index in [0.717, 1.165) is 13.1 Å². The van der Waals surface area contributed by atoms with E-state index in [9.17, 15) is 9.59 Å². The first-order chi connectivity index (χ1) is 9.01. The third kappa shape index (κ3) is 6.54. The highest BCUT2D eigenvalue weighted by atomic mass is 16.5. The summed E-state index contributed by atoms with van der Waals surface area (Å²) in [7, 11) is 1.37. The molecule has 1 fully saturated rings. The summed E-state index contributed by atoms with van der Waals surface area (Å²) < 4.78 is 4.54. The molecule has 0 spiro atoms. The minimum atomic E-state index is -0.237. The van der Waals surface area contributed by atoms with Crippen LogP contribution in [0.5, 0.6) is 0 Å². The smallest absolute Gasteiger partial charge is 0.305 e. The minimum absolute atomic E-state index is 0.0196. The molecule has 2 N–H and O–H groups in total. The lowest BCUT2D eigenvalue weighted by molar-refractivity contribution is -0.140. The molecule has 6 heteroatoms. The topological polar surface area (TPSA) is 70.7 Å². The molecule has 1 aliphatic rings. The predicted octanol–water partition coefficient (Wildman–Crippen LogP) is -0.262. The first kappa shape index (κ1) is 15.9. The van der Waals surface area contributed by atoms with Crippen molar-refractivity contribution in [2.24, 2.45) is 0 Å². The molecule has 19 heavy (non-hydrogen) atoms. The lowest BCUT2D eigenvalue weighted by atomic mass is 10.1. The fourth-order valence-corrected chi connectivity index (χ4v) is 2.39. The van der Waals surface area contributed by atoms with E-state index in [1.54, 1.807) is 0 Å². The Hall–Kier alpha value is -1.14. The molecule has 1 amide bonds. The number of piperazine rings is 1. The number of amides is 1. The van der Waals surface area contributed by atoms with E-state index in [4.69, 9.17) is 0 Å². The number of carbonyl (C=O) groups is 2. The number of hydrogen-bond acceptors (Lipinski definition) is 5. The molecule has 1 aliphatic heterocycles. The second kappa shape index (κ2) is 8.12. The fraction of sp³-hybridized carbons (Fsp3) is 0.846. The number of nitrogens with one attached hydrogen (secondary N) is 2. The van der Waals surface area contributed by atoms with Gasteiger partial charge >= 0.3 is 5.97 Å². The van der Waals surface area contributed by atoms with Gasteiger partial charge in [0, 0.05) is 38.1 Å². The Morgan fingerprint density at radius 2 is 1.95 bits per heavy atom. The molecule has 0 aromatic carbocycles. The third-order valence-electron chi connectivity index (χ3n) is 3.11. The Morgan fingerprint density at radius 3 is 2.53 bits per heavy atom. The van der Waals surface area contributed by atoms with Crippen molar-refractivity contribution < 1.29 is 14.3 Å². The number of rotatable bonds is 6. The maximum Gasteiger partial charge on any atom is 0.305 e. The van der Waals surface area contributed by atoms with Crippen LogP contribution in [-0.4, -0.2) is 62.1 Å². The zero-order valence-electron chi connectivity index (χ0n) is 12.1. The maximum absolute atomic E-state index is 11.7. The number of ether oxygens (including phenoxy) is 1. The van der Waals surface area contributed by atoms with Gasteiger partial charge in [-0.3, -0.25) is 14.5 Å². The summed E-state index contributed by atoms with van der Waals surface area (Å²) in [4.78, 5) is 24.8. The number of carbonyl (C=O) groups excluding carboxylic acids is 2. The quantitative estimate of drug-likeness (QED) is 0.514. The van der Waals surface area contributed by atoms with Crippen LogP contribution in [0.4, 0.5) is 0 Å². The number of esters is 1. The average Bonchev–Trinajstić information content (AvgIpc) is 2.33. The molecule has 1 heterocycles. The summed E-state index contributed by atoms with van der Waals surface area (Å²) in [5, 5.41) is 6.26. The Kier molecular flexibility index (Phi) is 6.80. The average molecular weight is 271 g/mol. The highest BCUT2D eigenvalue weighted by Gasteiger charge is 2.22. The maximum atomic E-state index is 11.7. The molecule has 6 nitrogen and oxygen atoms in total. The van der Waals surface area contributed by atoms with E-state index in [-0.39, 0.29) is 11.9 Å². The van der Waals surface area contributed by atoms with Gasteiger partial charge in [-0.1, -0.05) is 0 Å². The van der Waals surface area contributed by atoms with Crippen molar-refractivity contribution in [1.82, 2.24) is 15.5 Å². The lowest BCUT2D eigenvalue weighted by Gasteiger charge is -2.35. The molecule has 0 aromatic heterocycles. The zero-order chi connectivity index (χ0) is 14.3. The van der Waals surface area contributed by atoms with Crippen molar-refractivity contribution in [2.75, 3.05) is 33.3 Å². The first-order valence-corrected chi connectivity index (χ1v) is 6.83. The van der Waals surface area contributed by atoms with E-state index in [0.29, 0.717) is 38.0 Å². The number of methoxy groups -OCH3 is 1. The van der Waals surface area contributed by atoms with E-state index < -0.39 is 0 Å². The van der Waals surface area contributed by atoms with Gasteiger partial charge in [-0.25, -0.2) is 0 Å². The van der Waals surface area contributed by atoms with Gasteiger partial charge in [0.25, 0.3) is 0 Å². The number of nitrogens with zero attached hydrogens (tertiary/aromatic N) is 1. The molecule has 1 saturated heterocycles. The second-order valence-electron chi connectivity index (χ2n) is 5.19. The molecule has 2 unspecified atom stereocenters. The molecular weight excluding hydrogens is 246 g/mol. The summed E-state index contributed by atoms with van der Waals surface area (Å²) in [5.74, 6) is -0.217. The van der Waals surface area contributed by atoms with Gasteiger partial charge in [-0.15, -0.1) is 0 Å². The molecule has 0 aromatic rings. The third-order valence-corrected chi connectivity index (χ3v) is 3.11. The van der Waals surface area contributed by atoms with Crippen LogP contribution in [0, 0.1) is 0 Å². The minimum Gasteiger partial charge on any atom is -0.469 e. The summed E-state index contributed by atoms with van der Waals surface area (Å²) >= 11 is 0. The molecule has 2 atom stereocenters. The van der Waals surface area contributed by atoms with Crippen LogP contribution in [0.15, 0.2) is 0 Å². The summed E-state index contributed by atoms with van der Waals surface area (Å²) in [6.07, 6.45) is 0.964. The Morgan fingerprint density at radius 1 is 1.32 bits per heavy atom. The van der Waals surface area contributed by atoms with E-state index >= 15 is 0 Å². The largest absolute Gasteiger partial charge is 0.469 e. The van der Waals surface area contributed by atoms with Crippen molar-refractivity contribution in [2.45, 2.75) is 38.8 Å². The van der Waals surface area contributed by atoms with Crippen LogP contribution in [0.25, 0.3) is 0 Å². The number of hydrogen-bond donors (Lipinski definition) is 2. The van der Waals surface area contributed by atoms with Gasteiger partial charge in [0.05, 0.1) is 13.7 Å². The van der Waals surface area contributed by atoms with Gasteiger partial charge in [0.2, 0.25) is 5.91 Å². The molecule has 0 radical (unpaired) electrons. The Balaban J connectivity index is 2.15. The van der Waals surface area contributed by atoms with Crippen molar-refractivity contribution in [3.8, 4) is 0 Å². The molecule has 1 rings (SSSR count). The van der Waals surface area contributed by atoms with Crippen LogP contribution in [0.2, 0.25) is 0 Å². The van der Waals surface area contributed by atoms with Crippen LogP contribution < -0.4 is 10.6 Å². The fourth-order valence-electron chi connectivity index (χ4n) is 2.39. The zero-order valence-corrected chi connectivity index (χ0v) is 12.1. The standard InChI is InChI=1S/C13H25N3O3/c1-10-7-16(8-11(2)15-10)9-12(17)14-6-4-5-13(18)19-3/h10-11,15H,4-9H2,1-3H3,(H,14,17).